The van der Waals surface area contributed by atoms with Gasteiger partial charge in [-0.1, -0.05) is 6.07 Å². The number of anilines is 1. The lowest BCUT2D eigenvalue weighted by Gasteiger charge is -2.23. The summed E-state index contributed by atoms with van der Waals surface area (Å²) >= 11 is 0. The molecule has 0 spiro atoms. The molecule has 1 saturated heterocycles. The summed E-state index contributed by atoms with van der Waals surface area (Å²) < 4.78 is 13.1. The third-order valence-corrected chi connectivity index (χ3v) is 2.95. The summed E-state index contributed by atoms with van der Waals surface area (Å²) in [5, 5.41) is 3.31. The fourth-order valence-electron chi connectivity index (χ4n) is 2.08. The van der Waals surface area contributed by atoms with Crippen LogP contribution in [0.1, 0.15) is 20.3 Å². The highest BCUT2D eigenvalue weighted by molar-refractivity contribution is 5.94. The first kappa shape index (κ1) is 12.0. The van der Waals surface area contributed by atoms with Gasteiger partial charge in [0.05, 0.1) is 0 Å². The van der Waals surface area contributed by atoms with E-state index in [9.17, 15) is 9.18 Å². The molecule has 0 radical (unpaired) electrons. The number of amides is 1. The van der Waals surface area contributed by atoms with Crippen molar-refractivity contribution >= 4 is 11.6 Å². The Morgan fingerprint density at radius 2 is 2.18 bits per heavy atom. The molecule has 0 aromatic heterocycles. The molecule has 0 unspecified atom stereocenters. The molecule has 1 aliphatic heterocycles. The van der Waals surface area contributed by atoms with E-state index in [-0.39, 0.29) is 17.3 Å². The van der Waals surface area contributed by atoms with E-state index >= 15 is 0 Å². The van der Waals surface area contributed by atoms with E-state index < -0.39 is 0 Å². The van der Waals surface area contributed by atoms with Gasteiger partial charge in [-0.2, -0.15) is 0 Å². The number of carbonyl (C=O) groups excluding carboxylic acids is 1. The molecule has 0 saturated carbocycles. The van der Waals surface area contributed by atoms with Crippen LogP contribution in [0.4, 0.5) is 10.1 Å². The highest BCUT2D eigenvalue weighted by Crippen LogP contribution is 2.21. The van der Waals surface area contributed by atoms with Crippen LogP contribution in [0.15, 0.2) is 24.3 Å². The van der Waals surface area contributed by atoms with Gasteiger partial charge in [-0.3, -0.25) is 4.79 Å². The van der Waals surface area contributed by atoms with Crippen LogP contribution in [0, 0.1) is 5.82 Å². The summed E-state index contributed by atoms with van der Waals surface area (Å²) in [7, 11) is 0. The zero-order valence-corrected chi connectivity index (χ0v) is 10.2. The Hall–Kier alpha value is -1.42. The van der Waals surface area contributed by atoms with Crippen molar-refractivity contribution in [3.05, 3.63) is 30.1 Å². The predicted octanol–water partition coefficient (Wildman–Crippen LogP) is 1.93. The Morgan fingerprint density at radius 1 is 1.41 bits per heavy atom. The quantitative estimate of drug-likeness (QED) is 0.808. The normalized spacial score (nSPS) is 20.2. The topological polar surface area (TPSA) is 32.3 Å². The molecule has 4 heteroatoms. The third kappa shape index (κ3) is 2.82. The number of nitrogens with zero attached hydrogens (tertiary/aromatic N) is 1. The Kier molecular flexibility index (Phi) is 3.15. The zero-order valence-electron chi connectivity index (χ0n) is 10.2. The molecule has 1 aliphatic rings. The summed E-state index contributed by atoms with van der Waals surface area (Å²) in [5.74, 6) is -0.280. The second-order valence-corrected chi connectivity index (χ2v) is 5.01. The molecule has 0 bridgehead atoms. The Morgan fingerprint density at radius 3 is 2.88 bits per heavy atom. The van der Waals surface area contributed by atoms with E-state index in [4.69, 9.17) is 0 Å². The van der Waals surface area contributed by atoms with Crippen molar-refractivity contribution in [2.75, 3.05) is 18.0 Å². The van der Waals surface area contributed by atoms with Gasteiger partial charge in [0.2, 0.25) is 5.91 Å². The SMILES string of the molecule is CC1(C)CC(=O)N(c2cccc(F)c2)CCN1. The number of hydrogen-bond acceptors (Lipinski definition) is 2. The molecule has 1 amide bonds. The zero-order chi connectivity index (χ0) is 12.5. The second-order valence-electron chi connectivity index (χ2n) is 5.01. The molecule has 3 nitrogen and oxygen atoms in total. The van der Waals surface area contributed by atoms with Crippen LogP contribution in [0.25, 0.3) is 0 Å². The number of hydrogen-bond donors (Lipinski definition) is 1. The number of halogens is 1. The first-order chi connectivity index (χ1) is 7.98. The second kappa shape index (κ2) is 4.45. The van der Waals surface area contributed by atoms with E-state index in [0.717, 1.165) is 6.54 Å². The Bertz CT molecular complexity index is 431. The highest BCUT2D eigenvalue weighted by Gasteiger charge is 2.29. The van der Waals surface area contributed by atoms with Gasteiger partial charge in [0.15, 0.2) is 0 Å². The fraction of sp³-hybridized carbons (Fsp3) is 0.462. The number of carbonyl (C=O) groups is 1. The number of rotatable bonds is 1. The number of benzene rings is 1. The van der Waals surface area contributed by atoms with Crippen LogP contribution in [-0.4, -0.2) is 24.5 Å². The van der Waals surface area contributed by atoms with Gasteiger partial charge in [-0.25, -0.2) is 4.39 Å². The molecule has 1 N–H and O–H groups in total. The van der Waals surface area contributed by atoms with Crippen molar-refractivity contribution < 1.29 is 9.18 Å². The molecule has 1 fully saturated rings. The van der Waals surface area contributed by atoms with Crippen LogP contribution < -0.4 is 10.2 Å². The molecular weight excluding hydrogens is 219 g/mol. The van der Waals surface area contributed by atoms with Crippen molar-refractivity contribution in [3.63, 3.8) is 0 Å². The minimum atomic E-state index is -0.313. The van der Waals surface area contributed by atoms with Gasteiger partial charge < -0.3 is 10.2 Å². The standard InChI is InChI=1S/C13H17FN2O/c1-13(2)9-12(17)16(7-6-15-13)11-5-3-4-10(14)8-11/h3-5,8,15H,6-7,9H2,1-2H3. The molecule has 1 heterocycles. The first-order valence-corrected chi connectivity index (χ1v) is 5.79. The molecule has 0 aliphatic carbocycles. The lowest BCUT2D eigenvalue weighted by molar-refractivity contribution is -0.119. The maximum absolute atomic E-state index is 13.1. The van der Waals surface area contributed by atoms with Crippen molar-refractivity contribution in [2.24, 2.45) is 0 Å². The van der Waals surface area contributed by atoms with Crippen LogP contribution in [0.5, 0.6) is 0 Å². The average Bonchev–Trinajstić information content (AvgIpc) is 2.35. The lowest BCUT2D eigenvalue weighted by atomic mass is 10.0. The molecule has 1 aromatic rings. The molecule has 17 heavy (non-hydrogen) atoms. The van der Waals surface area contributed by atoms with Gasteiger partial charge in [0.25, 0.3) is 0 Å². The minimum Gasteiger partial charge on any atom is -0.311 e. The van der Waals surface area contributed by atoms with Crippen molar-refractivity contribution in [1.29, 1.82) is 0 Å². The Labute approximate surface area is 101 Å². The number of nitrogens with one attached hydrogen (secondary N) is 1. The summed E-state index contributed by atoms with van der Waals surface area (Å²) in [6, 6.07) is 6.17. The highest BCUT2D eigenvalue weighted by atomic mass is 19.1. The minimum absolute atomic E-state index is 0.0330. The van der Waals surface area contributed by atoms with Crippen molar-refractivity contribution in [3.8, 4) is 0 Å². The molecular formula is C13H17FN2O. The van der Waals surface area contributed by atoms with Crippen molar-refractivity contribution in [2.45, 2.75) is 25.8 Å². The van der Waals surface area contributed by atoms with Gasteiger partial charge in [-0.15, -0.1) is 0 Å². The van der Waals surface area contributed by atoms with Gasteiger partial charge in [0.1, 0.15) is 5.82 Å². The maximum atomic E-state index is 13.1. The Balaban J connectivity index is 2.24. The summed E-state index contributed by atoms with van der Waals surface area (Å²) in [6.07, 6.45) is 0.420. The van der Waals surface area contributed by atoms with Gasteiger partial charge >= 0.3 is 0 Å². The third-order valence-electron chi connectivity index (χ3n) is 2.95. The summed E-state index contributed by atoms with van der Waals surface area (Å²) in [4.78, 5) is 13.7. The van der Waals surface area contributed by atoms with E-state index in [1.165, 1.54) is 12.1 Å². The van der Waals surface area contributed by atoms with Crippen LogP contribution in [0.2, 0.25) is 0 Å². The van der Waals surface area contributed by atoms with E-state index in [1.807, 2.05) is 13.8 Å². The lowest BCUT2D eigenvalue weighted by Crippen LogP contribution is -2.39. The van der Waals surface area contributed by atoms with E-state index in [0.29, 0.717) is 18.7 Å². The van der Waals surface area contributed by atoms with Crippen LogP contribution >= 0.6 is 0 Å². The molecule has 1 aromatic carbocycles. The smallest absolute Gasteiger partial charge is 0.228 e. The predicted molar refractivity (Wildman–Crippen MR) is 65.5 cm³/mol. The fourth-order valence-corrected chi connectivity index (χ4v) is 2.08. The van der Waals surface area contributed by atoms with E-state index in [2.05, 4.69) is 5.32 Å². The van der Waals surface area contributed by atoms with E-state index in [1.54, 1.807) is 17.0 Å². The molecule has 0 atom stereocenters. The van der Waals surface area contributed by atoms with Gasteiger partial charge in [-0.05, 0) is 32.0 Å². The summed E-state index contributed by atoms with van der Waals surface area (Å²) in [6.45, 7) is 5.29. The molecule has 2 rings (SSSR count). The molecule has 92 valence electrons. The first-order valence-electron chi connectivity index (χ1n) is 5.79. The van der Waals surface area contributed by atoms with Crippen molar-refractivity contribution in [1.82, 2.24) is 5.32 Å². The average molecular weight is 236 g/mol. The van der Waals surface area contributed by atoms with Crippen LogP contribution in [0.3, 0.4) is 0 Å². The van der Waals surface area contributed by atoms with Gasteiger partial charge in [0, 0.05) is 30.7 Å². The largest absolute Gasteiger partial charge is 0.311 e. The summed E-state index contributed by atoms with van der Waals surface area (Å²) in [5.41, 5.74) is 0.439. The monoisotopic (exact) mass is 236 g/mol. The van der Waals surface area contributed by atoms with Crippen LogP contribution in [-0.2, 0) is 4.79 Å². The maximum Gasteiger partial charge on any atom is 0.228 e.